The summed E-state index contributed by atoms with van der Waals surface area (Å²) < 4.78 is 13.8. The molecule has 1 aromatic heterocycles. The molecule has 2 aromatic rings. The number of nitrogens with one attached hydrogen (secondary N) is 1. The van der Waals surface area contributed by atoms with E-state index in [1.54, 1.807) is 6.07 Å². The minimum Gasteiger partial charge on any atom is -0.323 e. The standard InChI is InChI=1S/C14H16FN3/c15-11-7-4-6-10-13(18-16)9-5-2-1-3-8-12(9)17-14(10)11/h4,6-7H,1-3,5,8,16H2,(H,17,18). The van der Waals surface area contributed by atoms with E-state index in [4.69, 9.17) is 5.84 Å². The van der Waals surface area contributed by atoms with Crippen LogP contribution in [0, 0.1) is 5.82 Å². The molecule has 1 aliphatic carbocycles. The second-order valence-corrected chi connectivity index (χ2v) is 4.75. The molecule has 0 saturated carbocycles. The third-order valence-corrected chi connectivity index (χ3v) is 3.64. The molecule has 3 nitrogen and oxygen atoms in total. The van der Waals surface area contributed by atoms with Crippen molar-refractivity contribution in [3.8, 4) is 0 Å². The highest BCUT2D eigenvalue weighted by Gasteiger charge is 2.17. The van der Waals surface area contributed by atoms with Gasteiger partial charge in [-0.1, -0.05) is 18.6 Å². The van der Waals surface area contributed by atoms with Crippen LogP contribution in [0.15, 0.2) is 18.2 Å². The number of hydrazine groups is 1. The Kier molecular flexibility index (Phi) is 2.88. The van der Waals surface area contributed by atoms with Gasteiger partial charge in [0.15, 0.2) is 0 Å². The zero-order valence-corrected chi connectivity index (χ0v) is 10.2. The summed E-state index contributed by atoms with van der Waals surface area (Å²) in [6.45, 7) is 0. The summed E-state index contributed by atoms with van der Waals surface area (Å²) in [5, 5.41) is 0.776. The van der Waals surface area contributed by atoms with Gasteiger partial charge in [-0.3, -0.25) is 5.84 Å². The van der Waals surface area contributed by atoms with E-state index in [0.717, 1.165) is 48.0 Å². The largest absolute Gasteiger partial charge is 0.323 e. The van der Waals surface area contributed by atoms with E-state index in [1.165, 1.54) is 12.5 Å². The van der Waals surface area contributed by atoms with Crippen LogP contribution in [0.2, 0.25) is 0 Å². The fourth-order valence-electron chi connectivity index (χ4n) is 2.75. The maximum atomic E-state index is 13.8. The van der Waals surface area contributed by atoms with Gasteiger partial charge in [-0.15, -0.1) is 0 Å². The number of hydrogen-bond donors (Lipinski definition) is 2. The van der Waals surface area contributed by atoms with Crippen molar-refractivity contribution in [2.24, 2.45) is 5.84 Å². The maximum absolute atomic E-state index is 13.8. The summed E-state index contributed by atoms with van der Waals surface area (Å²) in [5.74, 6) is 5.36. The number of pyridine rings is 1. The maximum Gasteiger partial charge on any atom is 0.149 e. The molecule has 1 heterocycles. The van der Waals surface area contributed by atoms with Gasteiger partial charge in [0.1, 0.15) is 11.3 Å². The van der Waals surface area contributed by atoms with Crippen molar-refractivity contribution >= 4 is 16.6 Å². The lowest BCUT2D eigenvalue weighted by atomic mass is 10.0. The van der Waals surface area contributed by atoms with Crippen molar-refractivity contribution < 1.29 is 4.39 Å². The van der Waals surface area contributed by atoms with Crippen LogP contribution < -0.4 is 11.3 Å². The third-order valence-electron chi connectivity index (χ3n) is 3.64. The smallest absolute Gasteiger partial charge is 0.149 e. The number of anilines is 1. The predicted molar refractivity (Wildman–Crippen MR) is 70.8 cm³/mol. The van der Waals surface area contributed by atoms with Crippen LogP contribution in [0.5, 0.6) is 0 Å². The van der Waals surface area contributed by atoms with Crippen LogP contribution in [0.25, 0.3) is 10.9 Å². The lowest BCUT2D eigenvalue weighted by Crippen LogP contribution is -2.12. The summed E-state index contributed by atoms with van der Waals surface area (Å²) in [4.78, 5) is 4.51. The van der Waals surface area contributed by atoms with E-state index >= 15 is 0 Å². The molecule has 18 heavy (non-hydrogen) atoms. The molecule has 0 saturated heterocycles. The molecule has 0 radical (unpaired) electrons. The van der Waals surface area contributed by atoms with Crippen LogP contribution >= 0.6 is 0 Å². The minimum atomic E-state index is -0.281. The zero-order valence-electron chi connectivity index (χ0n) is 10.2. The lowest BCUT2D eigenvalue weighted by molar-refractivity contribution is 0.636. The molecule has 0 aliphatic heterocycles. The summed E-state index contributed by atoms with van der Waals surface area (Å²) in [7, 11) is 0. The zero-order chi connectivity index (χ0) is 12.5. The number of hydrogen-bond acceptors (Lipinski definition) is 3. The second kappa shape index (κ2) is 4.53. The molecular weight excluding hydrogens is 229 g/mol. The molecule has 0 spiro atoms. The number of nitrogens with two attached hydrogens (primary N) is 1. The summed E-state index contributed by atoms with van der Waals surface area (Å²) in [5.41, 5.74) is 6.17. The number of aromatic nitrogens is 1. The van der Waals surface area contributed by atoms with E-state index in [0.29, 0.717) is 5.52 Å². The van der Waals surface area contributed by atoms with E-state index in [1.807, 2.05) is 6.07 Å². The SMILES string of the molecule is NNc1c2c(nc3c(F)cccc13)CCCCC2. The number of nitrogens with zero attached hydrogens (tertiary/aromatic N) is 1. The Bertz CT molecular complexity index is 595. The fraction of sp³-hybridized carbons (Fsp3) is 0.357. The highest BCUT2D eigenvalue weighted by molar-refractivity contribution is 5.93. The van der Waals surface area contributed by atoms with Gasteiger partial charge < -0.3 is 5.43 Å². The molecule has 1 aromatic carbocycles. The molecule has 0 atom stereocenters. The number of halogens is 1. The highest BCUT2D eigenvalue weighted by atomic mass is 19.1. The predicted octanol–water partition coefficient (Wildman–Crippen LogP) is 2.93. The Balaban J connectivity index is 2.34. The van der Waals surface area contributed by atoms with Gasteiger partial charge in [-0.25, -0.2) is 9.37 Å². The van der Waals surface area contributed by atoms with E-state index < -0.39 is 0 Å². The van der Waals surface area contributed by atoms with Crippen LogP contribution in [-0.2, 0) is 12.8 Å². The molecule has 0 fully saturated rings. The van der Waals surface area contributed by atoms with Crippen LogP contribution in [-0.4, -0.2) is 4.98 Å². The topological polar surface area (TPSA) is 50.9 Å². The highest BCUT2D eigenvalue weighted by Crippen LogP contribution is 2.32. The Labute approximate surface area is 105 Å². The molecule has 94 valence electrons. The van der Waals surface area contributed by atoms with Crippen LogP contribution in [0.1, 0.15) is 30.5 Å². The first-order valence-electron chi connectivity index (χ1n) is 6.38. The molecule has 3 rings (SSSR count). The van der Waals surface area contributed by atoms with Crippen molar-refractivity contribution in [1.29, 1.82) is 0 Å². The van der Waals surface area contributed by atoms with Crippen molar-refractivity contribution in [1.82, 2.24) is 4.98 Å². The van der Waals surface area contributed by atoms with Gasteiger partial charge in [0, 0.05) is 11.1 Å². The minimum absolute atomic E-state index is 0.281. The van der Waals surface area contributed by atoms with Gasteiger partial charge >= 0.3 is 0 Å². The van der Waals surface area contributed by atoms with E-state index in [-0.39, 0.29) is 5.82 Å². The average molecular weight is 245 g/mol. The van der Waals surface area contributed by atoms with Gasteiger partial charge in [0.2, 0.25) is 0 Å². The van der Waals surface area contributed by atoms with Gasteiger partial charge in [-0.05, 0) is 37.3 Å². The molecular formula is C14H16FN3. The Morgan fingerprint density at radius 1 is 1.17 bits per heavy atom. The first-order chi connectivity index (χ1) is 8.81. The van der Waals surface area contributed by atoms with Crippen molar-refractivity contribution in [3.63, 3.8) is 0 Å². The Morgan fingerprint density at radius 3 is 2.83 bits per heavy atom. The Hall–Kier alpha value is -1.68. The van der Waals surface area contributed by atoms with Crippen LogP contribution in [0.4, 0.5) is 10.1 Å². The second-order valence-electron chi connectivity index (χ2n) is 4.75. The first kappa shape index (κ1) is 11.4. The first-order valence-corrected chi connectivity index (χ1v) is 6.38. The molecule has 1 aliphatic rings. The van der Waals surface area contributed by atoms with Crippen molar-refractivity contribution in [3.05, 3.63) is 35.3 Å². The number of rotatable bonds is 1. The molecule has 0 bridgehead atoms. The lowest BCUT2D eigenvalue weighted by Gasteiger charge is -2.14. The van der Waals surface area contributed by atoms with Gasteiger partial charge in [0.25, 0.3) is 0 Å². The Morgan fingerprint density at radius 2 is 2.00 bits per heavy atom. The summed E-state index contributed by atoms with van der Waals surface area (Å²) >= 11 is 0. The number of nitrogen functional groups attached to an aromatic ring is 1. The molecule has 0 amide bonds. The van der Waals surface area contributed by atoms with Crippen molar-refractivity contribution in [2.75, 3.05) is 5.43 Å². The van der Waals surface area contributed by atoms with E-state index in [9.17, 15) is 4.39 Å². The number of aryl methyl sites for hydroxylation is 1. The van der Waals surface area contributed by atoms with Gasteiger partial charge in [-0.2, -0.15) is 0 Å². The summed E-state index contributed by atoms with van der Waals surface area (Å²) in [6, 6.07) is 5.01. The van der Waals surface area contributed by atoms with Crippen LogP contribution in [0.3, 0.4) is 0 Å². The number of para-hydroxylation sites is 1. The molecule has 4 heteroatoms. The van der Waals surface area contributed by atoms with E-state index in [2.05, 4.69) is 10.4 Å². The quantitative estimate of drug-likeness (QED) is 0.461. The molecule has 3 N–H and O–H groups in total. The monoisotopic (exact) mass is 245 g/mol. The number of benzene rings is 1. The number of fused-ring (bicyclic) bond motifs is 2. The fourth-order valence-corrected chi connectivity index (χ4v) is 2.75. The third kappa shape index (κ3) is 1.73. The average Bonchev–Trinajstić information content (AvgIpc) is 2.62. The normalized spacial score (nSPS) is 15.2. The van der Waals surface area contributed by atoms with Gasteiger partial charge in [0.05, 0.1) is 5.69 Å². The van der Waals surface area contributed by atoms with Crippen molar-refractivity contribution in [2.45, 2.75) is 32.1 Å². The molecule has 0 unspecified atom stereocenters. The summed E-state index contributed by atoms with van der Waals surface area (Å²) in [6.07, 6.45) is 5.33.